The fraction of sp³-hybridized carbons (Fsp3) is 0.333. The first kappa shape index (κ1) is 22.3. The topological polar surface area (TPSA) is 109 Å². The van der Waals surface area contributed by atoms with E-state index in [9.17, 15) is 14.4 Å². The van der Waals surface area contributed by atoms with Crippen LogP contribution in [0.4, 0.5) is 0 Å². The maximum absolute atomic E-state index is 13.1. The van der Waals surface area contributed by atoms with Gasteiger partial charge in [0, 0.05) is 19.7 Å². The molecule has 1 aliphatic heterocycles. The number of carbonyl (C=O) groups excluding carboxylic acids is 3. The molecule has 0 bridgehead atoms. The van der Waals surface area contributed by atoms with E-state index in [1.165, 1.54) is 15.6 Å². The van der Waals surface area contributed by atoms with Crippen LogP contribution in [-0.2, 0) is 24.4 Å². The minimum absolute atomic E-state index is 0.111. The van der Waals surface area contributed by atoms with E-state index in [-0.39, 0.29) is 36.3 Å². The van der Waals surface area contributed by atoms with Crippen LogP contribution in [0, 0.1) is 13.8 Å². The number of hydrogen-bond donors (Lipinski definition) is 2. The number of nitrogens with one attached hydrogen (secondary N) is 2. The number of aromatic nitrogens is 2. The van der Waals surface area contributed by atoms with Crippen molar-refractivity contribution in [3.05, 3.63) is 76.5 Å². The third-order valence-corrected chi connectivity index (χ3v) is 6.02. The standard InChI is InChI=1S/C24H27N5O4/c1-15-5-8-17(9-6-15)12-26-23(32)24(3)14-29-20(22(31)28(24)4)11-19(27-29)21(30)25-13-18-10-7-16(2)33-18/h5-11H,12-14H2,1-4H3,(H,25,30)(H,26,32)/t24-/m0/s1. The number of amides is 3. The van der Waals surface area contributed by atoms with E-state index >= 15 is 0 Å². The zero-order valence-corrected chi connectivity index (χ0v) is 19.1. The highest BCUT2D eigenvalue weighted by atomic mass is 16.3. The van der Waals surface area contributed by atoms with Gasteiger partial charge in [0.1, 0.15) is 22.8 Å². The highest BCUT2D eigenvalue weighted by Gasteiger charge is 2.46. The van der Waals surface area contributed by atoms with Gasteiger partial charge < -0.3 is 20.0 Å². The number of nitrogens with zero attached hydrogens (tertiary/aromatic N) is 3. The molecule has 172 valence electrons. The lowest BCUT2D eigenvalue weighted by Crippen LogP contribution is -2.62. The molecular weight excluding hydrogens is 422 g/mol. The van der Waals surface area contributed by atoms with Crippen LogP contribution >= 0.6 is 0 Å². The molecule has 1 aliphatic rings. The first-order valence-corrected chi connectivity index (χ1v) is 10.7. The summed E-state index contributed by atoms with van der Waals surface area (Å²) in [6.07, 6.45) is 0. The van der Waals surface area contributed by atoms with Crippen molar-refractivity contribution >= 4 is 17.7 Å². The Kier molecular flexibility index (Phi) is 5.80. The Morgan fingerprint density at radius 3 is 2.48 bits per heavy atom. The zero-order valence-electron chi connectivity index (χ0n) is 19.1. The Morgan fingerprint density at radius 1 is 1.09 bits per heavy atom. The van der Waals surface area contributed by atoms with Crippen molar-refractivity contribution in [2.75, 3.05) is 7.05 Å². The van der Waals surface area contributed by atoms with Gasteiger partial charge in [0.25, 0.3) is 11.8 Å². The first-order chi connectivity index (χ1) is 15.7. The van der Waals surface area contributed by atoms with Crippen molar-refractivity contribution in [3.63, 3.8) is 0 Å². The van der Waals surface area contributed by atoms with Gasteiger partial charge in [-0.05, 0) is 38.5 Å². The number of rotatable bonds is 6. The molecule has 3 amide bonds. The molecule has 9 heteroatoms. The van der Waals surface area contributed by atoms with Gasteiger partial charge in [0.15, 0.2) is 5.69 Å². The molecule has 0 fully saturated rings. The van der Waals surface area contributed by atoms with Gasteiger partial charge in [-0.1, -0.05) is 29.8 Å². The zero-order chi connectivity index (χ0) is 23.8. The maximum atomic E-state index is 13.1. The Balaban J connectivity index is 1.46. The van der Waals surface area contributed by atoms with Crippen molar-refractivity contribution in [3.8, 4) is 0 Å². The van der Waals surface area contributed by atoms with E-state index < -0.39 is 11.4 Å². The summed E-state index contributed by atoms with van der Waals surface area (Å²) >= 11 is 0. The monoisotopic (exact) mass is 449 g/mol. The average Bonchev–Trinajstić information content (AvgIpc) is 3.41. The molecule has 33 heavy (non-hydrogen) atoms. The third kappa shape index (κ3) is 4.39. The lowest BCUT2D eigenvalue weighted by molar-refractivity contribution is -0.132. The van der Waals surface area contributed by atoms with Gasteiger partial charge in [0.05, 0.1) is 13.1 Å². The van der Waals surface area contributed by atoms with Crippen LogP contribution in [0.5, 0.6) is 0 Å². The van der Waals surface area contributed by atoms with Gasteiger partial charge in [-0.3, -0.25) is 19.1 Å². The highest BCUT2D eigenvalue weighted by Crippen LogP contribution is 2.26. The van der Waals surface area contributed by atoms with E-state index in [0.717, 1.165) is 16.9 Å². The summed E-state index contributed by atoms with van der Waals surface area (Å²) in [7, 11) is 1.59. The predicted molar refractivity (Wildman–Crippen MR) is 120 cm³/mol. The smallest absolute Gasteiger partial charge is 0.272 e. The second-order valence-corrected chi connectivity index (χ2v) is 8.57. The normalized spacial score (nSPS) is 17.6. The summed E-state index contributed by atoms with van der Waals surface area (Å²) in [6.45, 7) is 6.21. The van der Waals surface area contributed by atoms with Crippen LogP contribution in [0.2, 0.25) is 0 Å². The van der Waals surface area contributed by atoms with Crippen molar-refractivity contribution in [2.24, 2.45) is 0 Å². The van der Waals surface area contributed by atoms with Gasteiger partial charge in [-0.2, -0.15) is 5.10 Å². The summed E-state index contributed by atoms with van der Waals surface area (Å²) in [6, 6.07) is 12.9. The molecule has 3 aromatic rings. The number of carbonyl (C=O) groups is 3. The molecule has 9 nitrogen and oxygen atoms in total. The average molecular weight is 450 g/mol. The maximum Gasteiger partial charge on any atom is 0.272 e. The largest absolute Gasteiger partial charge is 0.465 e. The fourth-order valence-corrected chi connectivity index (χ4v) is 3.75. The van der Waals surface area contributed by atoms with Crippen LogP contribution in [0.15, 0.2) is 46.9 Å². The molecule has 0 aliphatic carbocycles. The van der Waals surface area contributed by atoms with Crippen LogP contribution in [0.25, 0.3) is 0 Å². The van der Waals surface area contributed by atoms with Gasteiger partial charge >= 0.3 is 0 Å². The minimum atomic E-state index is -1.15. The van der Waals surface area contributed by atoms with E-state index in [4.69, 9.17) is 4.42 Å². The molecule has 0 unspecified atom stereocenters. The lowest BCUT2D eigenvalue weighted by atomic mass is 9.95. The summed E-state index contributed by atoms with van der Waals surface area (Å²) in [4.78, 5) is 40.1. The molecule has 0 spiro atoms. The molecular formula is C24H27N5O4. The molecule has 1 aromatic carbocycles. The molecule has 2 N–H and O–H groups in total. The second-order valence-electron chi connectivity index (χ2n) is 8.57. The Hall–Kier alpha value is -3.88. The predicted octanol–water partition coefficient (Wildman–Crippen LogP) is 2.18. The van der Waals surface area contributed by atoms with Gasteiger partial charge in [-0.15, -0.1) is 0 Å². The summed E-state index contributed by atoms with van der Waals surface area (Å²) in [5.41, 5.74) is 1.33. The summed E-state index contributed by atoms with van der Waals surface area (Å²) < 4.78 is 6.88. The van der Waals surface area contributed by atoms with Crippen LogP contribution < -0.4 is 10.6 Å². The number of fused-ring (bicyclic) bond motifs is 1. The Bertz CT molecular complexity index is 1210. The van der Waals surface area contributed by atoms with Crippen molar-refractivity contribution in [2.45, 2.75) is 45.9 Å². The van der Waals surface area contributed by atoms with Crippen LogP contribution in [0.3, 0.4) is 0 Å². The Morgan fingerprint density at radius 2 is 1.82 bits per heavy atom. The van der Waals surface area contributed by atoms with Crippen LogP contribution in [0.1, 0.15) is 50.5 Å². The minimum Gasteiger partial charge on any atom is -0.465 e. The molecule has 2 aromatic heterocycles. The number of benzene rings is 1. The Labute approximate surface area is 191 Å². The number of likely N-dealkylation sites (N-methyl/N-ethyl adjacent to an activating group) is 1. The second kappa shape index (κ2) is 8.57. The van der Waals surface area contributed by atoms with Crippen LogP contribution in [-0.4, -0.2) is 45.0 Å². The molecule has 1 atom stereocenters. The third-order valence-electron chi connectivity index (χ3n) is 6.02. The van der Waals surface area contributed by atoms with Crippen molar-refractivity contribution < 1.29 is 18.8 Å². The van der Waals surface area contributed by atoms with E-state index in [0.29, 0.717) is 12.3 Å². The van der Waals surface area contributed by atoms with E-state index in [1.54, 1.807) is 20.0 Å². The van der Waals surface area contributed by atoms with Crippen molar-refractivity contribution in [1.82, 2.24) is 25.3 Å². The summed E-state index contributed by atoms with van der Waals surface area (Å²) in [5, 5.41) is 9.96. The van der Waals surface area contributed by atoms with Crippen molar-refractivity contribution in [1.29, 1.82) is 0 Å². The SMILES string of the molecule is Cc1ccc(CNC(=O)[C@]2(C)Cn3nc(C(=O)NCc4ccc(C)o4)cc3C(=O)N2C)cc1. The number of furan rings is 1. The quantitative estimate of drug-likeness (QED) is 0.600. The lowest BCUT2D eigenvalue weighted by Gasteiger charge is -2.40. The molecule has 0 saturated heterocycles. The van der Waals surface area contributed by atoms with E-state index in [1.807, 2.05) is 44.2 Å². The fourth-order valence-electron chi connectivity index (χ4n) is 3.75. The number of aryl methyl sites for hydroxylation is 2. The highest BCUT2D eigenvalue weighted by molar-refractivity contribution is 6.01. The van der Waals surface area contributed by atoms with E-state index in [2.05, 4.69) is 15.7 Å². The van der Waals surface area contributed by atoms with Gasteiger partial charge in [-0.25, -0.2) is 0 Å². The summed E-state index contributed by atoms with van der Waals surface area (Å²) in [5.74, 6) is 0.289. The van der Waals surface area contributed by atoms with Gasteiger partial charge in [0.2, 0.25) is 5.91 Å². The molecule has 0 saturated carbocycles. The molecule has 4 rings (SSSR count). The number of hydrogen-bond acceptors (Lipinski definition) is 5. The molecule has 3 heterocycles. The first-order valence-electron chi connectivity index (χ1n) is 10.7. The molecule has 0 radical (unpaired) electrons.